The highest BCUT2D eigenvalue weighted by atomic mass is 16.4. The quantitative estimate of drug-likeness (QED) is 0.669. The average Bonchev–Trinajstić information content (AvgIpc) is 2.65. The number of quaternary nitrogens is 1. The standard InChI is InChI=1S/C22H25NO3/c1-4-14(2)23-13-19-20(24)11-10-17-15(3)18(22(25)26-21(17)19)12-16-8-6-5-7-9-16/h5-11,14,23-24H,4,12-13H2,1-3H3/p+1/t14-/m0/s1. The average molecular weight is 352 g/mol. The molecule has 0 amide bonds. The lowest BCUT2D eigenvalue weighted by atomic mass is 9.98. The summed E-state index contributed by atoms with van der Waals surface area (Å²) in [6.45, 7) is 6.81. The lowest BCUT2D eigenvalue weighted by molar-refractivity contribution is -0.701. The van der Waals surface area contributed by atoms with Crippen LogP contribution in [0.1, 0.15) is 42.5 Å². The highest BCUT2D eigenvalue weighted by molar-refractivity contribution is 5.85. The van der Waals surface area contributed by atoms with Crippen molar-refractivity contribution < 1.29 is 14.8 Å². The van der Waals surface area contributed by atoms with Crippen LogP contribution in [0.2, 0.25) is 0 Å². The third kappa shape index (κ3) is 3.65. The number of aryl methyl sites for hydroxylation is 1. The van der Waals surface area contributed by atoms with Gasteiger partial charge in [0, 0.05) is 17.4 Å². The van der Waals surface area contributed by atoms with E-state index in [1.807, 2.05) is 43.3 Å². The first-order chi connectivity index (χ1) is 12.5. The Morgan fingerprint density at radius 1 is 1.12 bits per heavy atom. The third-order valence-electron chi connectivity index (χ3n) is 5.13. The maximum Gasteiger partial charge on any atom is 0.340 e. The van der Waals surface area contributed by atoms with Gasteiger partial charge < -0.3 is 14.8 Å². The van der Waals surface area contributed by atoms with E-state index in [1.165, 1.54) is 0 Å². The van der Waals surface area contributed by atoms with E-state index in [0.717, 1.165) is 22.9 Å². The van der Waals surface area contributed by atoms with E-state index in [0.29, 0.717) is 35.7 Å². The Balaban J connectivity index is 2.07. The summed E-state index contributed by atoms with van der Waals surface area (Å²) in [6, 6.07) is 13.9. The van der Waals surface area contributed by atoms with Gasteiger partial charge in [0.1, 0.15) is 12.3 Å². The lowest BCUT2D eigenvalue weighted by Gasteiger charge is -2.13. The molecule has 4 heteroatoms. The van der Waals surface area contributed by atoms with Crippen LogP contribution in [0.25, 0.3) is 11.0 Å². The van der Waals surface area contributed by atoms with Crippen molar-refractivity contribution in [2.45, 2.75) is 46.2 Å². The van der Waals surface area contributed by atoms with Crippen molar-refractivity contribution in [3.05, 3.63) is 75.1 Å². The van der Waals surface area contributed by atoms with Crippen LogP contribution in [-0.4, -0.2) is 11.1 Å². The largest absolute Gasteiger partial charge is 0.507 e. The maximum atomic E-state index is 12.7. The Labute approximate surface area is 153 Å². The molecule has 0 saturated carbocycles. The van der Waals surface area contributed by atoms with Gasteiger partial charge in [-0.25, -0.2) is 4.79 Å². The highest BCUT2D eigenvalue weighted by Gasteiger charge is 2.18. The summed E-state index contributed by atoms with van der Waals surface area (Å²) < 4.78 is 5.69. The molecule has 136 valence electrons. The topological polar surface area (TPSA) is 67.1 Å². The molecular weight excluding hydrogens is 326 g/mol. The molecule has 26 heavy (non-hydrogen) atoms. The van der Waals surface area contributed by atoms with Gasteiger partial charge in [-0.1, -0.05) is 37.3 Å². The second kappa shape index (κ2) is 7.75. The molecule has 1 aromatic heterocycles. The minimum absolute atomic E-state index is 0.176. The summed E-state index contributed by atoms with van der Waals surface area (Å²) >= 11 is 0. The molecule has 0 aliphatic carbocycles. The predicted molar refractivity (Wildman–Crippen MR) is 104 cm³/mol. The Morgan fingerprint density at radius 3 is 2.54 bits per heavy atom. The summed E-state index contributed by atoms with van der Waals surface area (Å²) in [7, 11) is 0. The molecule has 0 unspecified atom stereocenters. The number of hydrogen-bond donors (Lipinski definition) is 2. The van der Waals surface area contributed by atoms with Crippen molar-refractivity contribution in [2.75, 3.05) is 0 Å². The fourth-order valence-electron chi connectivity index (χ4n) is 3.19. The van der Waals surface area contributed by atoms with Crippen molar-refractivity contribution >= 4 is 11.0 Å². The van der Waals surface area contributed by atoms with Gasteiger partial charge in [-0.3, -0.25) is 0 Å². The second-order valence-corrected chi connectivity index (χ2v) is 6.92. The van der Waals surface area contributed by atoms with Crippen LogP contribution in [0.5, 0.6) is 5.75 Å². The molecule has 3 rings (SSSR count). The number of rotatable bonds is 6. The number of benzene rings is 2. The summed E-state index contributed by atoms with van der Waals surface area (Å²) in [5.74, 6) is 0.176. The molecule has 4 nitrogen and oxygen atoms in total. The number of hydrogen-bond acceptors (Lipinski definition) is 3. The molecule has 2 aromatic carbocycles. The summed E-state index contributed by atoms with van der Waals surface area (Å²) in [6.07, 6.45) is 1.58. The molecule has 0 bridgehead atoms. The summed E-state index contributed by atoms with van der Waals surface area (Å²) in [5.41, 5.74) is 3.54. The Hall–Kier alpha value is -2.59. The maximum absolute atomic E-state index is 12.7. The summed E-state index contributed by atoms with van der Waals surface area (Å²) in [4.78, 5) is 12.7. The monoisotopic (exact) mass is 352 g/mol. The zero-order valence-corrected chi connectivity index (χ0v) is 15.6. The van der Waals surface area contributed by atoms with E-state index in [1.54, 1.807) is 6.07 Å². The van der Waals surface area contributed by atoms with E-state index in [-0.39, 0.29) is 11.4 Å². The number of aromatic hydroxyl groups is 1. The molecule has 1 atom stereocenters. The van der Waals surface area contributed by atoms with Crippen molar-refractivity contribution in [2.24, 2.45) is 0 Å². The molecule has 0 saturated heterocycles. The van der Waals surface area contributed by atoms with Gasteiger partial charge in [0.05, 0.1) is 11.6 Å². The molecule has 0 aliphatic rings. The number of phenols is 1. The third-order valence-corrected chi connectivity index (χ3v) is 5.13. The highest BCUT2D eigenvalue weighted by Crippen LogP contribution is 2.29. The van der Waals surface area contributed by atoms with Crippen molar-refractivity contribution in [1.82, 2.24) is 0 Å². The van der Waals surface area contributed by atoms with E-state index in [9.17, 15) is 9.90 Å². The second-order valence-electron chi connectivity index (χ2n) is 6.92. The molecule has 0 fully saturated rings. The van der Waals surface area contributed by atoms with Crippen LogP contribution in [0.3, 0.4) is 0 Å². The van der Waals surface area contributed by atoms with Gasteiger partial charge in [-0.15, -0.1) is 0 Å². The van der Waals surface area contributed by atoms with Gasteiger partial charge in [0.25, 0.3) is 0 Å². The van der Waals surface area contributed by atoms with Gasteiger partial charge in [0.15, 0.2) is 5.58 Å². The molecular formula is C22H26NO3+. The van der Waals surface area contributed by atoms with Crippen LogP contribution in [-0.2, 0) is 13.0 Å². The van der Waals surface area contributed by atoms with E-state index in [4.69, 9.17) is 4.42 Å². The predicted octanol–water partition coefficient (Wildman–Crippen LogP) is 3.26. The minimum atomic E-state index is -0.325. The number of fused-ring (bicyclic) bond motifs is 1. The van der Waals surface area contributed by atoms with Crippen LogP contribution in [0.15, 0.2) is 51.7 Å². The Kier molecular flexibility index (Phi) is 5.43. The van der Waals surface area contributed by atoms with Gasteiger partial charge >= 0.3 is 5.63 Å². The summed E-state index contributed by atoms with van der Waals surface area (Å²) in [5, 5.41) is 13.3. The van der Waals surface area contributed by atoms with Crippen molar-refractivity contribution in [1.29, 1.82) is 0 Å². The fourth-order valence-corrected chi connectivity index (χ4v) is 3.19. The normalized spacial score (nSPS) is 12.4. The van der Waals surface area contributed by atoms with Gasteiger partial charge in [0.2, 0.25) is 0 Å². The van der Waals surface area contributed by atoms with Gasteiger partial charge in [-0.2, -0.15) is 0 Å². The van der Waals surface area contributed by atoms with Crippen LogP contribution >= 0.6 is 0 Å². The van der Waals surface area contributed by atoms with Crippen molar-refractivity contribution in [3.63, 3.8) is 0 Å². The first-order valence-electron chi connectivity index (χ1n) is 9.15. The van der Waals surface area contributed by atoms with Crippen molar-refractivity contribution in [3.8, 4) is 5.75 Å². The SMILES string of the molecule is CC[C@H](C)[NH2+]Cc1c(O)ccc2c(C)c(Cc3ccccc3)c(=O)oc12. The van der Waals surface area contributed by atoms with Crippen LogP contribution in [0, 0.1) is 6.92 Å². The Bertz CT molecular complexity index is 961. The van der Waals surface area contributed by atoms with Crippen LogP contribution in [0.4, 0.5) is 0 Å². The molecule has 0 aliphatic heterocycles. The van der Waals surface area contributed by atoms with E-state index in [2.05, 4.69) is 19.2 Å². The number of phenolic OH excluding ortho intramolecular Hbond substituents is 1. The Morgan fingerprint density at radius 2 is 1.85 bits per heavy atom. The molecule has 1 heterocycles. The smallest absolute Gasteiger partial charge is 0.340 e. The first-order valence-corrected chi connectivity index (χ1v) is 9.15. The molecule has 0 radical (unpaired) electrons. The molecule has 3 N–H and O–H groups in total. The minimum Gasteiger partial charge on any atom is -0.507 e. The first kappa shape index (κ1) is 18.2. The van der Waals surface area contributed by atoms with Crippen LogP contribution < -0.4 is 10.9 Å². The lowest BCUT2D eigenvalue weighted by Crippen LogP contribution is -2.87. The molecule has 3 aromatic rings. The zero-order valence-electron chi connectivity index (χ0n) is 15.6. The number of nitrogens with two attached hydrogens (primary N) is 1. The van der Waals surface area contributed by atoms with E-state index < -0.39 is 0 Å². The zero-order chi connectivity index (χ0) is 18.7. The van der Waals surface area contributed by atoms with E-state index >= 15 is 0 Å². The fraction of sp³-hybridized carbons (Fsp3) is 0.318. The molecule has 0 spiro atoms. The van der Waals surface area contributed by atoms with Gasteiger partial charge in [-0.05, 0) is 43.5 Å².